The van der Waals surface area contributed by atoms with Gasteiger partial charge in [0.15, 0.2) is 0 Å². The zero-order valence-electron chi connectivity index (χ0n) is 17.3. The average Bonchev–Trinajstić information content (AvgIpc) is 3.54. The van der Waals surface area contributed by atoms with Crippen molar-refractivity contribution in [1.82, 2.24) is 9.88 Å². The molecule has 2 aliphatic heterocycles. The summed E-state index contributed by atoms with van der Waals surface area (Å²) in [7, 11) is 0. The van der Waals surface area contributed by atoms with Crippen LogP contribution in [0.4, 0.5) is 5.69 Å². The standard InChI is InChI=1S/C25H24N4OS/c30-23(24(8-9-24)19-4-2-1-3-5-19)29-14-10-25(11-15-29)27-17-22-20(28-25)16-21(31-22)18-6-12-26-13-7-18/h1-7,12-13,16-17,28H,8-11,14-15H2. The topological polar surface area (TPSA) is 57.6 Å². The van der Waals surface area contributed by atoms with Crippen LogP contribution in [0, 0.1) is 0 Å². The predicted molar refractivity (Wildman–Crippen MR) is 125 cm³/mol. The number of fused-ring (bicyclic) bond motifs is 1. The molecule has 3 aromatic rings. The molecular formula is C25H24N4OS. The molecule has 2 aromatic heterocycles. The van der Waals surface area contributed by atoms with Crippen LogP contribution in [0.15, 0.2) is 65.9 Å². The van der Waals surface area contributed by atoms with Crippen molar-refractivity contribution in [3.05, 3.63) is 71.4 Å². The zero-order chi connectivity index (χ0) is 20.9. The number of hydrogen-bond donors (Lipinski definition) is 1. The van der Waals surface area contributed by atoms with Gasteiger partial charge in [-0.25, -0.2) is 0 Å². The third-order valence-corrected chi connectivity index (χ3v) is 8.00. The van der Waals surface area contributed by atoms with Crippen LogP contribution in [0.1, 0.15) is 36.1 Å². The number of benzene rings is 1. The first-order chi connectivity index (χ1) is 15.2. The van der Waals surface area contributed by atoms with Gasteiger partial charge in [0, 0.05) is 49.4 Å². The summed E-state index contributed by atoms with van der Waals surface area (Å²) in [5, 5.41) is 3.71. The van der Waals surface area contributed by atoms with Gasteiger partial charge in [-0.3, -0.25) is 14.8 Å². The molecule has 0 radical (unpaired) electrons. The van der Waals surface area contributed by atoms with Gasteiger partial charge in [-0.15, -0.1) is 11.3 Å². The molecule has 4 heterocycles. The number of amides is 1. The maximum atomic E-state index is 13.4. The molecule has 1 aliphatic carbocycles. The number of pyridine rings is 1. The van der Waals surface area contributed by atoms with Crippen molar-refractivity contribution in [2.24, 2.45) is 4.99 Å². The molecule has 1 N–H and O–H groups in total. The van der Waals surface area contributed by atoms with Gasteiger partial charge in [0.1, 0.15) is 5.66 Å². The van der Waals surface area contributed by atoms with Crippen LogP contribution in [0.25, 0.3) is 10.4 Å². The van der Waals surface area contributed by atoms with Crippen molar-refractivity contribution >= 4 is 29.1 Å². The van der Waals surface area contributed by atoms with Gasteiger partial charge >= 0.3 is 0 Å². The number of likely N-dealkylation sites (tertiary alicyclic amines) is 1. The molecular weight excluding hydrogens is 404 g/mol. The van der Waals surface area contributed by atoms with Crippen LogP contribution >= 0.6 is 11.3 Å². The first-order valence-corrected chi connectivity index (χ1v) is 11.7. The number of anilines is 1. The van der Waals surface area contributed by atoms with Gasteiger partial charge in [-0.2, -0.15) is 0 Å². The summed E-state index contributed by atoms with van der Waals surface area (Å²) in [6.45, 7) is 1.49. The average molecular weight is 429 g/mol. The third kappa shape index (κ3) is 3.17. The third-order valence-electron chi connectivity index (χ3n) is 6.89. The van der Waals surface area contributed by atoms with E-state index >= 15 is 0 Å². The lowest BCUT2D eigenvalue weighted by atomic mass is 9.91. The number of piperidine rings is 1. The fraction of sp³-hybridized carbons (Fsp3) is 0.320. The van der Waals surface area contributed by atoms with E-state index < -0.39 is 0 Å². The fourth-order valence-corrected chi connectivity index (χ4v) is 5.86. The summed E-state index contributed by atoms with van der Waals surface area (Å²) in [5.41, 5.74) is 2.91. The lowest BCUT2D eigenvalue weighted by Crippen LogP contribution is -2.52. The summed E-state index contributed by atoms with van der Waals surface area (Å²) < 4.78 is 0. The maximum absolute atomic E-state index is 13.4. The lowest BCUT2D eigenvalue weighted by molar-refractivity contribution is -0.135. The Bertz CT molecular complexity index is 1140. The number of carbonyl (C=O) groups excluding carboxylic acids is 1. The number of carbonyl (C=O) groups is 1. The largest absolute Gasteiger partial charge is 0.360 e. The quantitative estimate of drug-likeness (QED) is 0.658. The zero-order valence-corrected chi connectivity index (χ0v) is 18.1. The minimum atomic E-state index is -0.302. The highest BCUT2D eigenvalue weighted by Crippen LogP contribution is 2.50. The van der Waals surface area contributed by atoms with E-state index in [0.29, 0.717) is 5.91 Å². The first-order valence-electron chi connectivity index (χ1n) is 10.9. The molecule has 1 aromatic carbocycles. The number of hydrogen-bond acceptors (Lipinski definition) is 5. The minimum Gasteiger partial charge on any atom is -0.360 e. The molecule has 6 rings (SSSR count). The highest BCUT2D eigenvalue weighted by atomic mass is 32.1. The van der Waals surface area contributed by atoms with Crippen LogP contribution in [0.5, 0.6) is 0 Å². The molecule has 5 nitrogen and oxygen atoms in total. The molecule has 6 heteroatoms. The van der Waals surface area contributed by atoms with Gasteiger partial charge < -0.3 is 10.2 Å². The monoisotopic (exact) mass is 428 g/mol. The van der Waals surface area contributed by atoms with Gasteiger partial charge in [-0.1, -0.05) is 30.3 Å². The van der Waals surface area contributed by atoms with Crippen molar-refractivity contribution < 1.29 is 4.79 Å². The van der Waals surface area contributed by atoms with E-state index in [1.807, 2.05) is 48.9 Å². The number of aromatic nitrogens is 1. The Morgan fingerprint density at radius 3 is 2.45 bits per heavy atom. The fourth-order valence-electron chi connectivity index (χ4n) is 4.87. The summed E-state index contributed by atoms with van der Waals surface area (Å²) >= 11 is 1.75. The van der Waals surface area contributed by atoms with Crippen LogP contribution in [0.2, 0.25) is 0 Å². The van der Waals surface area contributed by atoms with E-state index in [2.05, 4.69) is 33.4 Å². The number of thiophene rings is 1. The number of nitrogens with zero attached hydrogens (tertiary/aromatic N) is 3. The van der Waals surface area contributed by atoms with E-state index in [0.717, 1.165) is 49.3 Å². The Balaban J connectivity index is 1.16. The predicted octanol–water partition coefficient (Wildman–Crippen LogP) is 4.71. The molecule has 1 saturated carbocycles. The summed E-state index contributed by atoms with van der Waals surface area (Å²) in [6.07, 6.45) is 9.26. The van der Waals surface area contributed by atoms with Gasteiger partial charge in [-0.05, 0) is 42.2 Å². The number of aliphatic imine (C=N–C) groups is 1. The maximum Gasteiger partial charge on any atom is 0.233 e. The second-order valence-corrected chi connectivity index (χ2v) is 9.86. The van der Waals surface area contributed by atoms with E-state index in [4.69, 9.17) is 4.99 Å². The van der Waals surface area contributed by atoms with E-state index in [-0.39, 0.29) is 11.1 Å². The summed E-state index contributed by atoms with van der Waals surface area (Å²) in [5.74, 6) is 0.296. The second-order valence-electron chi connectivity index (χ2n) is 8.78. The number of rotatable bonds is 3. The van der Waals surface area contributed by atoms with Crippen molar-refractivity contribution in [1.29, 1.82) is 0 Å². The van der Waals surface area contributed by atoms with E-state index in [9.17, 15) is 4.79 Å². The molecule has 156 valence electrons. The highest BCUT2D eigenvalue weighted by molar-refractivity contribution is 7.17. The summed E-state index contributed by atoms with van der Waals surface area (Å²) in [4.78, 5) is 26.9. The Morgan fingerprint density at radius 1 is 1.00 bits per heavy atom. The smallest absolute Gasteiger partial charge is 0.233 e. The van der Waals surface area contributed by atoms with Crippen LogP contribution in [0.3, 0.4) is 0 Å². The lowest BCUT2D eigenvalue weighted by Gasteiger charge is -2.42. The molecule has 0 atom stereocenters. The molecule has 1 amide bonds. The first kappa shape index (κ1) is 18.8. The van der Waals surface area contributed by atoms with E-state index in [1.54, 1.807) is 11.3 Å². The molecule has 1 spiro atoms. The van der Waals surface area contributed by atoms with Crippen LogP contribution in [-0.4, -0.2) is 40.8 Å². The van der Waals surface area contributed by atoms with Crippen molar-refractivity contribution in [3.8, 4) is 10.4 Å². The number of nitrogens with one attached hydrogen (secondary N) is 1. The van der Waals surface area contributed by atoms with Crippen molar-refractivity contribution in [2.45, 2.75) is 36.8 Å². The Hall–Kier alpha value is -2.99. The summed E-state index contributed by atoms with van der Waals surface area (Å²) in [6, 6.07) is 16.6. The van der Waals surface area contributed by atoms with Crippen LogP contribution in [-0.2, 0) is 10.2 Å². The van der Waals surface area contributed by atoms with Gasteiger partial charge in [0.2, 0.25) is 5.91 Å². The minimum absolute atomic E-state index is 0.283. The molecule has 0 bridgehead atoms. The molecule has 31 heavy (non-hydrogen) atoms. The SMILES string of the molecule is O=C(N1CCC2(CC1)N=Cc1sc(-c3ccncc3)cc1N2)C1(c2ccccc2)CC1. The van der Waals surface area contributed by atoms with E-state index in [1.165, 1.54) is 16.0 Å². The Labute approximate surface area is 185 Å². The van der Waals surface area contributed by atoms with Crippen LogP contribution < -0.4 is 5.32 Å². The second kappa shape index (κ2) is 7.02. The molecule has 0 unspecified atom stereocenters. The molecule has 3 aliphatic rings. The van der Waals surface area contributed by atoms with Gasteiger partial charge in [0.05, 0.1) is 16.0 Å². The molecule has 2 fully saturated rings. The normalized spacial score (nSPS) is 20.2. The van der Waals surface area contributed by atoms with Crippen molar-refractivity contribution in [3.63, 3.8) is 0 Å². The Kier molecular flexibility index (Phi) is 4.25. The van der Waals surface area contributed by atoms with Gasteiger partial charge in [0.25, 0.3) is 0 Å². The highest BCUT2D eigenvalue weighted by Gasteiger charge is 2.53. The molecule has 1 saturated heterocycles. The Morgan fingerprint density at radius 2 is 1.74 bits per heavy atom. The van der Waals surface area contributed by atoms with Crippen molar-refractivity contribution in [2.75, 3.05) is 18.4 Å².